The number of aliphatic hydroxyl groups excluding tert-OH is 1. The number of hydrogen-bond acceptors (Lipinski definition) is 4. The van der Waals surface area contributed by atoms with Crippen molar-refractivity contribution in [3.8, 4) is 11.3 Å². The molecule has 1 aromatic carbocycles. The average molecular weight is 310 g/mol. The van der Waals surface area contributed by atoms with Crippen LogP contribution in [0.15, 0.2) is 42.6 Å². The van der Waals surface area contributed by atoms with Crippen molar-refractivity contribution in [2.24, 2.45) is 5.92 Å². The van der Waals surface area contributed by atoms with Crippen LogP contribution in [0.25, 0.3) is 16.9 Å². The zero-order valence-electron chi connectivity index (χ0n) is 13.7. The second kappa shape index (κ2) is 6.38. The maximum absolute atomic E-state index is 9.48. The van der Waals surface area contributed by atoms with E-state index in [4.69, 9.17) is 0 Å². The second-order valence-electron chi connectivity index (χ2n) is 6.18. The highest BCUT2D eigenvalue weighted by molar-refractivity contribution is 5.63. The van der Waals surface area contributed by atoms with E-state index >= 15 is 0 Å². The first-order chi connectivity index (χ1) is 11.1. The summed E-state index contributed by atoms with van der Waals surface area (Å²) in [5.74, 6) is 1.05. The molecule has 0 amide bonds. The molecule has 120 valence electrons. The molecule has 2 heterocycles. The molecule has 2 N–H and O–H groups in total. The molecule has 0 spiro atoms. The lowest BCUT2D eigenvalue weighted by Crippen LogP contribution is -2.30. The number of rotatable bonds is 5. The standard InChI is InChI=1S/C18H22N4O/c1-12(2)15(11-23)20-17-8-9-18-19-10-16(22(18)21-17)14-6-4-13(3)5-7-14/h4-10,12,15,23H,11H2,1-3H3,(H,20,21)/t15-/m1/s1. The number of aryl methyl sites for hydroxylation is 1. The van der Waals surface area contributed by atoms with E-state index in [1.807, 2.05) is 22.8 Å². The smallest absolute Gasteiger partial charge is 0.154 e. The third kappa shape index (κ3) is 3.19. The van der Waals surface area contributed by atoms with E-state index in [9.17, 15) is 5.11 Å². The minimum Gasteiger partial charge on any atom is -0.394 e. The summed E-state index contributed by atoms with van der Waals surface area (Å²) >= 11 is 0. The molecule has 0 saturated carbocycles. The third-order valence-corrected chi connectivity index (χ3v) is 4.04. The average Bonchev–Trinajstić information content (AvgIpc) is 2.96. The molecule has 0 saturated heterocycles. The molecule has 0 aliphatic rings. The van der Waals surface area contributed by atoms with E-state index in [1.54, 1.807) is 0 Å². The molecule has 2 aromatic heterocycles. The maximum Gasteiger partial charge on any atom is 0.154 e. The van der Waals surface area contributed by atoms with Gasteiger partial charge in [0.15, 0.2) is 5.65 Å². The van der Waals surface area contributed by atoms with E-state index in [2.05, 4.69) is 60.4 Å². The van der Waals surface area contributed by atoms with Crippen molar-refractivity contribution in [1.82, 2.24) is 14.6 Å². The molecule has 0 aliphatic carbocycles. The fourth-order valence-electron chi connectivity index (χ4n) is 2.48. The minimum absolute atomic E-state index is 0.0219. The lowest BCUT2D eigenvalue weighted by atomic mass is 10.1. The lowest BCUT2D eigenvalue weighted by molar-refractivity contribution is 0.249. The molecule has 1 atom stereocenters. The summed E-state index contributed by atoms with van der Waals surface area (Å²) in [5.41, 5.74) is 4.06. The van der Waals surface area contributed by atoms with E-state index in [-0.39, 0.29) is 12.6 Å². The Hall–Kier alpha value is -2.40. The van der Waals surface area contributed by atoms with Crippen LogP contribution in [0.2, 0.25) is 0 Å². The van der Waals surface area contributed by atoms with Gasteiger partial charge >= 0.3 is 0 Å². The van der Waals surface area contributed by atoms with Crippen LogP contribution in [-0.4, -0.2) is 32.4 Å². The van der Waals surface area contributed by atoms with Gasteiger partial charge in [-0.1, -0.05) is 43.7 Å². The van der Waals surface area contributed by atoms with Crippen LogP contribution in [0.4, 0.5) is 5.82 Å². The van der Waals surface area contributed by atoms with Crippen molar-refractivity contribution in [3.63, 3.8) is 0 Å². The van der Waals surface area contributed by atoms with Gasteiger partial charge in [-0.25, -0.2) is 9.50 Å². The Kier molecular flexibility index (Phi) is 4.30. The topological polar surface area (TPSA) is 62.5 Å². The Labute approximate surface area is 136 Å². The number of fused-ring (bicyclic) bond motifs is 1. The van der Waals surface area contributed by atoms with Gasteiger partial charge in [-0.15, -0.1) is 5.10 Å². The summed E-state index contributed by atoms with van der Waals surface area (Å²) in [4.78, 5) is 4.42. The fourth-order valence-corrected chi connectivity index (χ4v) is 2.48. The monoisotopic (exact) mass is 310 g/mol. The van der Waals surface area contributed by atoms with Gasteiger partial charge in [-0.05, 0) is 25.0 Å². The van der Waals surface area contributed by atoms with Gasteiger partial charge in [-0.2, -0.15) is 0 Å². The van der Waals surface area contributed by atoms with Crippen molar-refractivity contribution in [2.75, 3.05) is 11.9 Å². The number of anilines is 1. The summed E-state index contributed by atoms with van der Waals surface area (Å²) < 4.78 is 1.84. The van der Waals surface area contributed by atoms with Crippen molar-refractivity contribution in [3.05, 3.63) is 48.2 Å². The van der Waals surface area contributed by atoms with Crippen LogP contribution in [-0.2, 0) is 0 Å². The number of benzene rings is 1. The van der Waals surface area contributed by atoms with Gasteiger partial charge in [0.2, 0.25) is 0 Å². The molecule has 5 nitrogen and oxygen atoms in total. The molecule has 0 fully saturated rings. The predicted molar refractivity (Wildman–Crippen MR) is 92.5 cm³/mol. The van der Waals surface area contributed by atoms with Gasteiger partial charge in [0.05, 0.1) is 24.5 Å². The highest BCUT2D eigenvalue weighted by atomic mass is 16.3. The summed E-state index contributed by atoms with van der Waals surface area (Å²) in [5, 5.41) is 17.4. The molecule has 23 heavy (non-hydrogen) atoms. The number of nitrogens with zero attached hydrogens (tertiary/aromatic N) is 3. The quantitative estimate of drug-likeness (QED) is 0.760. The van der Waals surface area contributed by atoms with E-state index < -0.39 is 0 Å². The Balaban J connectivity index is 1.98. The normalized spacial score (nSPS) is 12.7. The number of imidazole rings is 1. The molecule has 3 aromatic rings. The molecule has 0 unspecified atom stereocenters. The van der Waals surface area contributed by atoms with Gasteiger partial charge in [0.25, 0.3) is 0 Å². The third-order valence-electron chi connectivity index (χ3n) is 4.04. The second-order valence-corrected chi connectivity index (χ2v) is 6.18. The van der Waals surface area contributed by atoms with Gasteiger partial charge in [0.1, 0.15) is 5.82 Å². The van der Waals surface area contributed by atoms with Crippen molar-refractivity contribution < 1.29 is 5.11 Å². The van der Waals surface area contributed by atoms with E-state index in [0.717, 1.165) is 22.7 Å². The number of aromatic nitrogens is 3. The Morgan fingerprint density at radius 2 is 1.87 bits per heavy atom. The molecule has 0 bridgehead atoms. The fraction of sp³-hybridized carbons (Fsp3) is 0.333. The van der Waals surface area contributed by atoms with E-state index in [0.29, 0.717) is 5.92 Å². The van der Waals surface area contributed by atoms with E-state index in [1.165, 1.54) is 5.56 Å². The van der Waals surface area contributed by atoms with Crippen LogP contribution in [0.5, 0.6) is 0 Å². The highest BCUT2D eigenvalue weighted by Crippen LogP contribution is 2.21. The molecule has 0 aliphatic heterocycles. The molecular weight excluding hydrogens is 288 g/mol. The number of aliphatic hydroxyl groups is 1. The first kappa shape index (κ1) is 15.5. The molecule has 3 rings (SSSR count). The zero-order chi connectivity index (χ0) is 16.4. The van der Waals surface area contributed by atoms with Crippen LogP contribution < -0.4 is 5.32 Å². The first-order valence-corrected chi connectivity index (χ1v) is 7.87. The minimum atomic E-state index is -0.0219. The number of nitrogens with one attached hydrogen (secondary N) is 1. The summed E-state index contributed by atoms with van der Waals surface area (Å²) in [6, 6.07) is 12.1. The van der Waals surface area contributed by atoms with Crippen molar-refractivity contribution in [1.29, 1.82) is 0 Å². The zero-order valence-corrected chi connectivity index (χ0v) is 13.7. The highest BCUT2D eigenvalue weighted by Gasteiger charge is 2.14. The number of hydrogen-bond donors (Lipinski definition) is 2. The van der Waals surface area contributed by atoms with Crippen molar-refractivity contribution in [2.45, 2.75) is 26.8 Å². The van der Waals surface area contributed by atoms with Crippen LogP contribution in [0.1, 0.15) is 19.4 Å². The molecule has 0 radical (unpaired) electrons. The largest absolute Gasteiger partial charge is 0.394 e. The van der Waals surface area contributed by atoms with Crippen LogP contribution in [0, 0.1) is 12.8 Å². The summed E-state index contributed by atoms with van der Waals surface area (Å²) in [6.07, 6.45) is 1.84. The lowest BCUT2D eigenvalue weighted by Gasteiger charge is -2.20. The first-order valence-electron chi connectivity index (χ1n) is 7.87. The Bertz CT molecular complexity index is 792. The maximum atomic E-state index is 9.48. The predicted octanol–water partition coefficient (Wildman–Crippen LogP) is 3.13. The van der Waals surface area contributed by atoms with Gasteiger partial charge < -0.3 is 10.4 Å². The van der Waals surface area contributed by atoms with Gasteiger partial charge in [-0.3, -0.25) is 0 Å². The molecule has 5 heteroatoms. The van der Waals surface area contributed by atoms with Gasteiger partial charge in [0, 0.05) is 5.56 Å². The van der Waals surface area contributed by atoms with Crippen molar-refractivity contribution >= 4 is 11.5 Å². The molecular formula is C18H22N4O. The SMILES string of the molecule is Cc1ccc(-c2cnc3ccc(N[C@H](CO)C(C)C)nn23)cc1. The Morgan fingerprint density at radius 3 is 2.52 bits per heavy atom. The Morgan fingerprint density at radius 1 is 1.13 bits per heavy atom. The van der Waals surface area contributed by atoms with Crippen LogP contribution >= 0.6 is 0 Å². The summed E-state index contributed by atoms with van der Waals surface area (Å²) in [6.45, 7) is 6.29. The van der Waals surface area contributed by atoms with Crippen LogP contribution in [0.3, 0.4) is 0 Å². The summed E-state index contributed by atoms with van der Waals surface area (Å²) in [7, 11) is 0.